The molecule has 0 bridgehead atoms. The van der Waals surface area contributed by atoms with Crippen LogP contribution in [0.25, 0.3) is 0 Å². The maximum absolute atomic E-state index is 12.1. The molecule has 0 radical (unpaired) electrons. The smallest absolute Gasteiger partial charge is 0.231 e. The predicted molar refractivity (Wildman–Crippen MR) is 88.8 cm³/mol. The Labute approximate surface area is 137 Å². The third-order valence-corrected chi connectivity index (χ3v) is 4.57. The van der Waals surface area contributed by atoms with Gasteiger partial charge in [0.05, 0.1) is 0 Å². The minimum Gasteiger partial charge on any atom is -0.454 e. The molecule has 0 aromatic heterocycles. The number of aryl methyl sites for hydroxylation is 1. The standard InChI is InChI=1S/C18H26N2O3/c1-2-9-20-10-7-15(8-11-20)19-18(21)6-4-14-3-5-16-17(12-14)23-13-22-16/h3,5,12,15H,2,4,6-11,13H2,1H3,(H,19,21). The number of nitrogens with one attached hydrogen (secondary N) is 1. The molecule has 1 aromatic carbocycles. The van der Waals surface area contributed by atoms with Crippen molar-refractivity contribution in [2.24, 2.45) is 0 Å². The minimum absolute atomic E-state index is 0.150. The SMILES string of the molecule is CCCN1CCC(NC(=O)CCc2ccc3c(c2)OCO3)CC1. The van der Waals surface area contributed by atoms with Crippen LogP contribution in [0.2, 0.25) is 0 Å². The first kappa shape index (κ1) is 16.1. The van der Waals surface area contributed by atoms with Crippen LogP contribution >= 0.6 is 0 Å². The molecule has 5 nitrogen and oxygen atoms in total. The number of hydrogen-bond acceptors (Lipinski definition) is 4. The van der Waals surface area contributed by atoms with Crippen LogP contribution in [-0.2, 0) is 11.2 Å². The molecule has 0 atom stereocenters. The third kappa shape index (κ3) is 4.38. The summed E-state index contributed by atoms with van der Waals surface area (Å²) in [6, 6.07) is 6.23. The van der Waals surface area contributed by atoms with E-state index in [0.29, 0.717) is 12.5 Å². The maximum atomic E-state index is 12.1. The first-order valence-corrected chi connectivity index (χ1v) is 8.65. The second-order valence-corrected chi connectivity index (χ2v) is 6.37. The van der Waals surface area contributed by atoms with Gasteiger partial charge in [-0.2, -0.15) is 0 Å². The summed E-state index contributed by atoms with van der Waals surface area (Å²) in [5.74, 6) is 1.72. The molecule has 5 heteroatoms. The van der Waals surface area contributed by atoms with Gasteiger partial charge in [-0.25, -0.2) is 0 Å². The van der Waals surface area contributed by atoms with Crippen molar-refractivity contribution >= 4 is 5.91 Å². The highest BCUT2D eigenvalue weighted by Crippen LogP contribution is 2.32. The average molecular weight is 318 g/mol. The molecule has 1 N–H and O–H groups in total. The summed E-state index contributed by atoms with van der Waals surface area (Å²) in [7, 11) is 0. The van der Waals surface area contributed by atoms with E-state index in [2.05, 4.69) is 17.1 Å². The number of fused-ring (bicyclic) bond motifs is 1. The lowest BCUT2D eigenvalue weighted by molar-refractivity contribution is -0.122. The van der Waals surface area contributed by atoms with E-state index in [4.69, 9.17) is 9.47 Å². The summed E-state index contributed by atoms with van der Waals surface area (Å²) < 4.78 is 10.7. The van der Waals surface area contributed by atoms with Gasteiger partial charge < -0.3 is 19.7 Å². The van der Waals surface area contributed by atoms with Gasteiger partial charge in [0.1, 0.15) is 0 Å². The van der Waals surface area contributed by atoms with E-state index in [-0.39, 0.29) is 12.7 Å². The van der Waals surface area contributed by atoms with Crippen molar-refractivity contribution in [3.8, 4) is 11.5 Å². The third-order valence-electron chi connectivity index (χ3n) is 4.57. The van der Waals surface area contributed by atoms with Crippen LogP contribution in [0.4, 0.5) is 0 Å². The zero-order valence-corrected chi connectivity index (χ0v) is 13.8. The number of likely N-dealkylation sites (tertiary alicyclic amines) is 1. The molecule has 23 heavy (non-hydrogen) atoms. The number of amides is 1. The highest BCUT2D eigenvalue weighted by molar-refractivity contribution is 5.76. The van der Waals surface area contributed by atoms with Crippen molar-refractivity contribution in [1.82, 2.24) is 10.2 Å². The normalized spacial score (nSPS) is 18.1. The highest BCUT2D eigenvalue weighted by atomic mass is 16.7. The van der Waals surface area contributed by atoms with Gasteiger partial charge >= 0.3 is 0 Å². The van der Waals surface area contributed by atoms with Crippen molar-refractivity contribution in [3.63, 3.8) is 0 Å². The van der Waals surface area contributed by atoms with E-state index in [1.54, 1.807) is 0 Å². The lowest BCUT2D eigenvalue weighted by Crippen LogP contribution is -2.44. The summed E-state index contributed by atoms with van der Waals surface area (Å²) in [4.78, 5) is 14.6. The van der Waals surface area contributed by atoms with Crippen molar-refractivity contribution in [2.45, 2.75) is 45.1 Å². The van der Waals surface area contributed by atoms with Crippen LogP contribution in [0.3, 0.4) is 0 Å². The number of benzene rings is 1. The molecule has 1 aromatic rings. The zero-order valence-electron chi connectivity index (χ0n) is 13.8. The molecule has 0 unspecified atom stereocenters. The number of carbonyl (C=O) groups excluding carboxylic acids is 1. The topological polar surface area (TPSA) is 50.8 Å². The van der Waals surface area contributed by atoms with E-state index in [0.717, 1.165) is 49.4 Å². The largest absolute Gasteiger partial charge is 0.454 e. The van der Waals surface area contributed by atoms with Crippen molar-refractivity contribution < 1.29 is 14.3 Å². The first-order chi connectivity index (χ1) is 11.2. The zero-order chi connectivity index (χ0) is 16.1. The Bertz CT molecular complexity index is 539. The molecule has 2 aliphatic heterocycles. The lowest BCUT2D eigenvalue weighted by atomic mass is 10.0. The molecular weight excluding hydrogens is 292 g/mol. The molecule has 0 aliphatic carbocycles. The number of rotatable bonds is 6. The second-order valence-electron chi connectivity index (χ2n) is 6.37. The van der Waals surface area contributed by atoms with Gasteiger partial charge in [-0.1, -0.05) is 13.0 Å². The fraction of sp³-hybridized carbons (Fsp3) is 0.611. The Balaban J connectivity index is 1.40. The van der Waals surface area contributed by atoms with E-state index < -0.39 is 0 Å². The van der Waals surface area contributed by atoms with Gasteiger partial charge in [-0.05, 0) is 49.9 Å². The van der Waals surface area contributed by atoms with Crippen LogP contribution in [0.5, 0.6) is 11.5 Å². The van der Waals surface area contributed by atoms with Gasteiger partial charge in [0.2, 0.25) is 12.7 Å². The van der Waals surface area contributed by atoms with Crippen molar-refractivity contribution in [2.75, 3.05) is 26.4 Å². The molecule has 1 fully saturated rings. The Kier molecular flexibility index (Phi) is 5.39. The maximum Gasteiger partial charge on any atom is 0.231 e. The Morgan fingerprint density at radius 1 is 1.26 bits per heavy atom. The molecule has 0 saturated carbocycles. The van der Waals surface area contributed by atoms with Gasteiger partial charge in [0, 0.05) is 25.6 Å². The second kappa shape index (κ2) is 7.68. The fourth-order valence-electron chi connectivity index (χ4n) is 3.27. The van der Waals surface area contributed by atoms with Gasteiger partial charge in [-0.3, -0.25) is 4.79 Å². The van der Waals surface area contributed by atoms with Crippen LogP contribution < -0.4 is 14.8 Å². The van der Waals surface area contributed by atoms with Gasteiger partial charge in [0.15, 0.2) is 11.5 Å². The summed E-state index contributed by atoms with van der Waals surface area (Å²) in [6.45, 7) is 5.87. The van der Waals surface area contributed by atoms with Crippen LogP contribution in [-0.4, -0.2) is 43.3 Å². The van der Waals surface area contributed by atoms with Gasteiger partial charge in [0.25, 0.3) is 0 Å². The average Bonchev–Trinajstić information content (AvgIpc) is 3.03. The highest BCUT2D eigenvalue weighted by Gasteiger charge is 2.20. The molecule has 1 amide bonds. The van der Waals surface area contributed by atoms with Crippen LogP contribution in [0.15, 0.2) is 18.2 Å². The molecule has 3 rings (SSSR count). The van der Waals surface area contributed by atoms with E-state index in [1.165, 1.54) is 13.0 Å². The molecular formula is C18H26N2O3. The lowest BCUT2D eigenvalue weighted by Gasteiger charge is -2.32. The van der Waals surface area contributed by atoms with E-state index in [1.807, 2.05) is 18.2 Å². The summed E-state index contributed by atoms with van der Waals surface area (Å²) >= 11 is 0. The van der Waals surface area contributed by atoms with Crippen molar-refractivity contribution in [1.29, 1.82) is 0 Å². The Morgan fingerprint density at radius 2 is 2.04 bits per heavy atom. The summed E-state index contributed by atoms with van der Waals surface area (Å²) in [5.41, 5.74) is 1.11. The van der Waals surface area contributed by atoms with E-state index >= 15 is 0 Å². The van der Waals surface area contributed by atoms with Crippen LogP contribution in [0.1, 0.15) is 38.2 Å². The number of carbonyl (C=O) groups is 1. The molecule has 126 valence electrons. The Morgan fingerprint density at radius 3 is 2.83 bits per heavy atom. The molecule has 2 aliphatic rings. The monoisotopic (exact) mass is 318 g/mol. The van der Waals surface area contributed by atoms with E-state index in [9.17, 15) is 4.79 Å². The number of ether oxygens (including phenoxy) is 2. The quantitative estimate of drug-likeness (QED) is 0.875. The Hall–Kier alpha value is -1.75. The molecule has 1 saturated heterocycles. The molecule has 2 heterocycles. The summed E-state index contributed by atoms with van der Waals surface area (Å²) in [6.07, 6.45) is 4.59. The fourth-order valence-corrected chi connectivity index (χ4v) is 3.27. The minimum atomic E-state index is 0.150. The van der Waals surface area contributed by atoms with Crippen molar-refractivity contribution in [3.05, 3.63) is 23.8 Å². The molecule has 0 spiro atoms. The van der Waals surface area contributed by atoms with Crippen LogP contribution in [0, 0.1) is 0 Å². The number of hydrogen-bond donors (Lipinski definition) is 1. The van der Waals surface area contributed by atoms with Gasteiger partial charge in [-0.15, -0.1) is 0 Å². The first-order valence-electron chi connectivity index (χ1n) is 8.65. The summed E-state index contributed by atoms with van der Waals surface area (Å²) in [5, 5.41) is 3.18. The predicted octanol–water partition coefficient (Wildman–Crippen LogP) is 2.34. The number of nitrogens with zero attached hydrogens (tertiary/aromatic N) is 1. The number of piperidine rings is 1.